The predicted molar refractivity (Wildman–Crippen MR) is 146 cm³/mol. The number of carbonyl (C=O) groups is 4. The zero-order valence-corrected chi connectivity index (χ0v) is 21.9. The molecule has 1 aliphatic rings. The van der Waals surface area contributed by atoms with Crippen molar-refractivity contribution < 1.29 is 29.0 Å². The molecule has 3 aromatic rings. The van der Waals surface area contributed by atoms with Gasteiger partial charge < -0.3 is 25.4 Å². The molecule has 204 valence electrons. The van der Waals surface area contributed by atoms with E-state index < -0.39 is 23.7 Å². The summed E-state index contributed by atoms with van der Waals surface area (Å²) in [4.78, 5) is 58.8. The SMILES string of the molecule is CC(C)(C)OC(=O)N[C@H]1CCCN(c2ccncc2NC(=O)c2nc3cc(C=O)ccc3cc2NC(=O)O)C1. The van der Waals surface area contributed by atoms with Crippen LogP contribution in [0.3, 0.4) is 0 Å². The number of nitrogens with zero attached hydrogens (tertiary/aromatic N) is 3. The molecule has 12 nitrogen and oxygen atoms in total. The number of ether oxygens (including phenoxy) is 1. The fourth-order valence-corrected chi connectivity index (χ4v) is 4.37. The van der Waals surface area contributed by atoms with Gasteiger partial charge in [0, 0.05) is 36.3 Å². The Morgan fingerprint density at radius 2 is 1.92 bits per heavy atom. The first-order chi connectivity index (χ1) is 18.5. The second kappa shape index (κ2) is 11.3. The highest BCUT2D eigenvalue weighted by Gasteiger charge is 2.26. The molecule has 3 amide bonds. The molecule has 1 aromatic carbocycles. The number of piperidine rings is 1. The van der Waals surface area contributed by atoms with Crippen LogP contribution in [0.1, 0.15) is 54.5 Å². The minimum Gasteiger partial charge on any atom is -0.465 e. The van der Waals surface area contributed by atoms with Crippen molar-refractivity contribution in [2.24, 2.45) is 0 Å². The van der Waals surface area contributed by atoms with Crippen molar-refractivity contribution >= 4 is 52.3 Å². The predicted octanol–water partition coefficient (Wildman–Crippen LogP) is 4.28. The molecule has 0 aliphatic carbocycles. The summed E-state index contributed by atoms with van der Waals surface area (Å²) in [6.07, 6.45) is 3.49. The number of benzene rings is 1. The zero-order chi connectivity index (χ0) is 28.2. The van der Waals surface area contributed by atoms with Crippen molar-refractivity contribution in [3.8, 4) is 0 Å². The van der Waals surface area contributed by atoms with E-state index in [1.54, 1.807) is 45.2 Å². The van der Waals surface area contributed by atoms with Gasteiger partial charge in [-0.2, -0.15) is 0 Å². The molecule has 0 spiro atoms. The lowest BCUT2D eigenvalue weighted by Gasteiger charge is -2.35. The number of amides is 3. The molecule has 0 unspecified atom stereocenters. The van der Waals surface area contributed by atoms with Crippen molar-refractivity contribution in [3.05, 3.63) is 54.0 Å². The Morgan fingerprint density at radius 3 is 2.64 bits per heavy atom. The lowest BCUT2D eigenvalue weighted by Crippen LogP contribution is -2.49. The highest BCUT2D eigenvalue weighted by molar-refractivity contribution is 6.11. The molecule has 0 saturated carbocycles. The fourth-order valence-electron chi connectivity index (χ4n) is 4.37. The molecule has 1 fully saturated rings. The lowest BCUT2D eigenvalue weighted by molar-refractivity contribution is 0.0499. The highest BCUT2D eigenvalue weighted by atomic mass is 16.6. The van der Waals surface area contributed by atoms with Gasteiger partial charge in [-0.25, -0.2) is 14.6 Å². The van der Waals surface area contributed by atoms with Crippen LogP contribution in [-0.2, 0) is 4.74 Å². The quantitative estimate of drug-likeness (QED) is 0.338. The minimum atomic E-state index is -1.35. The molecule has 1 atom stereocenters. The van der Waals surface area contributed by atoms with E-state index in [4.69, 9.17) is 4.74 Å². The van der Waals surface area contributed by atoms with Gasteiger partial charge in [0.25, 0.3) is 5.91 Å². The van der Waals surface area contributed by atoms with Crippen LogP contribution < -0.4 is 20.9 Å². The number of fused-ring (bicyclic) bond motifs is 1. The Morgan fingerprint density at radius 1 is 1.13 bits per heavy atom. The van der Waals surface area contributed by atoms with Gasteiger partial charge in [-0.15, -0.1) is 0 Å². The van der Waals surface area contributed by atoms with Crippen LogP contribution in [0, 0.1) is 0 Å². The van der Waals surface area contributed by atoms with Gasteiger partial charge in [0.2, 0.25) is 0 Å². The number of pyridine rings is 2. The molecule has 39 heavy (non-hydrogen) atoms. The molecule has 4 rings (SSSR count). The lowest BCUT2D eigenvalue weighted by atomic mass is 10.0. The first kappa shape index (κ1) is 27.3. The Bertz CT molecular complexity index is 1420. The van der Waals surface area contributed by atoms with E-state index >= 15 is 0 Å². The van der Waals surface area contributed by atoms with E-state index in [1.807, 2.05) is 4.90 Å². The zero-order valence-electron chi connectivity index (χ0n) is 21.9. The van der Waals surface area contributed by atoms with E-state index in [2.05, 4.69) is 25.9 Å². The van der Waals surface area contributed by atoms with Crippen molar-refractivity contribution in [1.82, 2.24) is 15.3 Å². The summed E-state index contributed by atoms with van der Waals surface area (Å²) >= 11 is 0. The van der Waals surface area contributed by atoms with Crippen LogP contribution in [0.15, 0.2) is 42.7 Å². The van der Waals surface area contributed by atoms with Gasteiger partial charge in [0.05, 0.1) is 28.8 Å². The van der Waals surface area contributed by atoms with Gasteiger partial charge in [0.15, 0.2) is 5.69 Å². The van der Waals surface area contributed by atoms with E-state index in [0.717, 1.165) is 12.8 Å². The van der Waals surface area contributed by atoms with Crippen molar-refractivity contribution in [1.29, 1.82) is 0 Å². The number of alkyl carbamates (subject to hydrolysis) is 1. The van der Waals surface area contributed by atoms with Crippen molar-refractivity contribution in [2.45, 2.75) is 45.3 Å². The number of aromatic nitrogens is 2. The molecular weight excluding hydrogens is 504 g/mol. The van der Waals surface area contributed by atoms with Gasteiger partial charge in [-0.3, -0.25) is 19.9 Å². The molecule has 1 aliphatic heterocycles. The monoisotopic (exact) mass is 534 g/mol. The molecular formula is C27H30N6O6. The van der Waals surface area contributed by atoms with Crippen LogP contribution in [-0.4, -0.2) is 64.2 Å². The average Bonchev–Trinajstić information content (AvgIpc) is 2.87. The summed E-state index contributed by atoms with van der Waals surface area (Å²) in [5, 5.41) is 17.8. The summed E-state index contributed by atoms with van der Waals surface area (Å²) < 4.78 is 5.38. The topological polar surface area (TPSA) is 163 Å². The number of hydrogen-bond donors (Lipinski definition) is 4. The normalized spacial score (nSPS) is 15.4. The highest BCUT2D eigenvalue weighted by Crippen LogP contribution is 2.29. The summed E-state index contributed by atoms with van der Waals surface area (Å²) in [5.41, 5.74) is 1.04. The number of hydrogen-bond acceptors (Lipinski definition) is 8. The standard InChI is InChI=1S/C27H30N6O6/c1-27(2,3)39-26(38)29-18-5-4-10-33(14-18)22-8-9-28-13-21(22)31-24(35)23-20(32-25(36)37)12-17-7-6-16(15-34)11-19(17)30-23/h6-9,11-13,15,18,32H,4-5,10,14H2,1-3H3,(H,29,38)(H,31,35)(H,36,37)/t18-/m0/s1. The van der Waals surface area contributed by atoms with Gasteiger partial charge in [-0.05, 0) is 51.8 Å². The number of aldehydes is 1. The summed E-state index contributed by atoms with van der Waals surface area (Å²) in [7, 11) is 0. The van der Waals surface area contributed by atoms with Gasteiger partial charge in [-0.1, -0.05) is 12.1 Å². The maximum absolute atomic E-state index is 13.4. The second-order valence-electron chi connectivity index (χ2n) is 10.2. The molecule has 12 heteroatoms. The average molecular weight is 535 g/mol. The summed E-state index contributed by atoms with van der Waals surface area (Å²) in [6.45, 7) is 6.58. The molecule has 3 heterocycles. The van der Waals surface area contributed by atoms with Crippen molar-refractivity contribution in [3.63, 3.8) is 0 Å². The number of rotatable bonds is 6. The van der Waals surface area contributed by atoms with Crippen LogP contribution in [0.25, 0.3) is 10.9 Å². The Balaban J connectivity index is 1.58. The van der Waals surface area contributed by atoms with Gasteiger partial charge in [0.1, 0.15) is 11.9 Å². The van der Waals surface area contributed by atoms with E-state index in [9.17, 15) is 24.3 Å². The van der Waals surface area contributed by atoms with E-state index in [-0.39, 0.29) is 17.4 Å². The maximum Gasteiger partial charge on any atom is 0.409 e. The third kappa shape index (κ3) is 6.98. The summed E-state index contributed by atoms with van der Waals surface area (Å²) in [6, 6.07) is 7.80. The summed E-state index contributed by atoms with van der Waals surface area (Å²) in [5.74, 6) is -0.660. The molecule has 0 bridgehead atoms. The minimum absolute atomic E-state index is 0.00334. The number of carbonyl (C=O) groups excluding carboxylic acids is 3. The second-order valence-corrected chi connectivity index (χ2v) is 10.2. The molecule has 2 aromatic heterocycles. The molecule has 1 saturated heterocycles. The molecule has 0 radical (unpaired) electrons. The number of nitrogens with one attached hydrogen (secondary N) is 3. The Labute approximate surface area is 224 Å². The largest absolute Gasteiger partial charge is 0.465 e. The van der Waals surface area contributed by atoms with Crippen LogP contribution in [0.2, 0.25) is 0 Å². The smallest absolute Gasteiger partial charge is 0.409 e. The first-order valence-corrected chi connectivity index (χ1v) is 12.4. The molecule has 4 N–H and O–H groups in total. The van der Waals surface area contributed by atoms with E-state index in [0.29, 0.717) is 47.2 Å². The third-order valence-electron chi connectivity index (χ3n) is 5.96. The van der Waals surface area contributed by atoms with Crippen LogP contribution >= 0.6 is 0 Å². The van der Waals surface area contributed by atoms with Crippen LogP contribution in [0.5, 0.6) is 0 Å². The number of anilines is 3. The van der Waals surface area contributed by atoms with Crippen LogP contribution in [0.4, 0.5) is 26.7 Å². The third-order valence-corrected chi connectivity index (χ3v) is 5.96. The number of carboxylic acid groups (broad SMARTS) is 1. The first-order valence-electron chi connectivity index (χ1n) is 12.4. The van der Waals surface area contributed by atoms with Crippen molar-refractivity contribution in [2.75, 3.05) is 28.6 Å². The fraction of sp³-hybridized carbons (Fsp3) is 0.333. The maximum atomic E-state index is 13.4. The van der Waals surface area contributed by atoms with Gasteiger partial charge >= 0.3 is 12.2 Å². The van der Waals surface area contributed by atoms with E-state index in [1.165, 1.54) is 18.3 Å². The Hall–Kier alpha value is -4.74. The Kier molecular flexibility index (Phi) is 7.93.